The molecule has 0 aliphatic heterocycles. The second-order valence-electron chi connectivity index (χ2n) is 6.35. The second-order valence-corrected chi connectivity index (χ2v) is 8.45. The predicted molar refractivity (Wildman–Crippen MR) is 124 cm³/mol. The summed E-state index contributed by atoms with van der Waals surface area (Å²) in [6.07, 6.45) is 1.70. The largest absolute Gasteiger partial charge is 0.454 e. The van der Waals surface area contributed by atoms with Crippen LogP contribution in [0, 0.1) is 6.92 Å². The van der Waals surface area contributed by atoms with Gasteiger partial charge in [0.05, 0.1) is 21.8 Å². The molecule has 0 unspecified atom stereocenters. The number of hydrogen-bond donors (Lipinski definition) is 1. The highest BCUT2D eigenvalue weighted by atomic mass is 35.5. The molecule has 4 aromatic rings. The van der Waals surface area contributed by atoms with Crippen molar-refractivity contribution in [2.24, 2.45) is 0 Å². The van der Waals surface area contributed by atoms with Gasteiger partial charge in [-0.15, -0.1) is 0 Å². The Kier molecular flexibility index (Phi) is 6.07. The molecule has 3 nitrogen and oxygen atoms in total. The fraction of sp³-hybridized carbons (Fsp3) is 0.0455. The van der Waals surface area contributed by atoms with Crippen LogP contribution in [0.15, 0.2) is 71.8 Å². The molecule has 0 radical (unpaired) electrons. The zero-order valence-corrected chi connectivity index (χ0v) is 18.3. The van der Waals surface area contributed by atoms with E-state index in [0.29, 0.717) is 26.6 Å². The van der Waals surface area contributed by atoms with Crippen LogP contribution in [-0.2, 0) is 0 Å². The van der Waals surface area contributed by atoms with E-state index in [9.17, 15) is 0 Å². The van der Waals surface area contributed by atoms with Crippen LogP contribution in [0.3, 0.4) is 0 Å². The first kappa shape index (κ1) is 20.2. The summed E-state index contributed by atoms with van der Waals surface area (Å²) in [5.74, 6) is 1.24. The molecule has 29 heavy (non-hydrogen) atoms. The first-order valence-electron chi connectivity index (χ1n) is 8.70. The summed E-state index contributed by atoms with van der Waals surface area (Å²) >= 11 is 20.0. The first-order valence-corrected chi connectivity index (χ1v) is 10.7. The van der Waals surface area contributed by atoms with Gasteiger partial charge < -0.3 is 9.46 Å². The SMILES string of the molecule is Cc1cc(NSc2ccc(Cl)cc2Cl)cc(Cl)c1Oc1cnc2ccccc2c1. The van der Waals surface area contributed by atoms with Gasteiger partial charge in [0.15, 0.2) is 0 Å². The summed E-state index contributed by atoms with van der Waals surface area (Å²) in [6, 6.07) is 19.0. The van der Waals surface area contributed by atoms with Gasteiger partial charge in [0, 0.05) is 21.0 Å². The highest BCUT2D eigenvalue weighted by Crippen LogP contribution is 2.37. The van der Waals surface area contributed by atoms with Gasteiger partial charge in [0.25, 0.3) is 0 Å². The van der Waals surface area contributed by atoms with Crippen LogP contribution >= 0.6 is 46.8 Å². The maximum Gasteiger partial charge on any atom is 0.149 e. The Labute approximate surface area is 188 Å². The third kappa shape index (κ3) is 4.73. The third-order valence-corrected chi connectivity index (χ3v) is 6.04. The number of ether oxygens (including phenoxy) is 1. The van der Waals surface area contributed by atoms with E-state index in [1.54, 1.807) is 18.3 Å². The molecule has 0 bridgehead atoms. The number of pyridine rings is 1. The number of nitrogens with one attached hydrogen (secondary N) is 1. The van der Waals surface area contributed by atoms with E-state index < -0.39 is 0 Å². The molecular formula is C22H15Cl3N2OS. The highest BCUT2D eigenvalue weighted by Gasteiger charge is 2.11. The number of aryl methyl sites for hydroxylation is 1. The van der Waals surface area contributed by atoms with Gasteiger partial charge in [-0.25, -0.2) is 0 Å². The Balaban J connectivity index is 1.53. The molecule has 4 rings (SSSR count). The summed E-state index contributed by atoms with van der Waals surface area (Å²) in [6.45, 7) is 1.95. The lowest BCUT2D eigenvalue weighted by molar-refractivity contribution is 0.478. The number of anilines is 1. The van der Waals surface area contributed by atoms with Crippen molar-refractivity contribution in [2.75, 3.05) is 4.72 Å². The number of fused-ring (bicyclic) bond motifs is 1. The number of nitrogens with zero attached hydrogens (tertiary/aromatic N) is 1. The smallest absolute Gasteiger partial charge is 0.149 e. The first-order chi connectivity index (χ1) is 14.0. The zero-order valence-electron chi connectivity index (χ0n) is 15.2. The topological polar surface area (TPSA) is 34.1 Å². The van der Waals surface area contributed by atoms with Gasteiger partial charge in [-0.2, -0.15) is 0 Å². The fourth-order valence-electron chi connectivity index (χ4n) is 2.82. The lowest BCUT2D eigenvalue weighted by Gasteiger charge is -2.14. The molecule has 0 spiro atoms. The summed E-state index contributed by atoms with van der Waals surface area (Å²) in [4.78, 5) is 5.29. The molecule has 7 heteroatoms. The Bertz CT molecular complexity index is 1180. The van der Waals surface area contributed by atoms with Crippen LogP contribution < -0.4 is 9.46 Å². The average Bonchev–Trinajstić information content (AvgIpc) is 2.70. The van der Waals surface area contributed by atoms with Crippen LogP contribution in [0.4, 0.5) is 5.69 Å². The van der Waals surface area contributed by atoms with E-state index in [2.05, 4.69) is 9.71 Å². The van der Waals surface area contributed by atoms with Gasteiger partial charge in [-0.1, -0.05) is 53.0 Å². The van der Waals surface area contributed by atoms with Crippen molar-refractivity contribution in [3.63, 3.8) is 0 Å². The number of halogens is 3. The molecule has 1 heterocycles. The summed E-state index contributed by atoms with van der Waals surface area (Å²) in [7, 11) is 0. The number of rotatable bonds is 5. The molecule has 0 atom stereocenters. The maximum absolute atomic E-state index is 6.50. The van der Waals surface area contributed by atoms with E-state index in [4.69, 9.17) is 39.5 Å². The van der Waals surface area contributed by atoms with E-state index in [-0.39, 0.29) is 0 Å². The van der Waals surface area contributed by atoms with Gasteiger partial charge in [-0.3, -0.25) is 4.98 Å². The molecule has 0 amide bonds. The third-order valence-electron chi connectivity index (χ3n) is 4.19. The van der Waals surface area contributed by atoms with Crippen molar-refractivity contribution in [1.29, 1.82) is 0 Å². The molecule has 146 valence electrons. The Morgan fingerprint density at radius 2 is 1.76 bits per heavy atom. The fourth-order valence-corrected chi connectivity index (χ4v) is 4.28. The van der Waals surface area contributed by atoms with Gasteiger partial charge >= 0.3 is 0 Å². The average molecular weight is 462 g/mol. The molecule has 0 aliphatic rings. The predicted octanol–water partition coefficient (Wildman–Crippen LogP) is 8.41. The molecule has 0 saturated heterocycles. The monoisotopic (exact) mass is 460 g/mol. The molecular weight excluding hydrogens is 447 g/mol. The van der Waals surface area contributed by atoms with Crippen LogP contribution in [0.5, 0.6) is 11.5 Å². The molecule has 0 saturated carbocycles. The Morgan fingerprint density at radius 1 is 0.931 bits per heavy atom. The van der Waals surface area contributed by atoms with E-state index in [1.807, 2.05) is 55.5 Å². The van der Waals surface area contributed by atoms with Crippen LogP contribution in [0.1, 0.15) is 5.56 Å². The van der Waals surface area contributed by atoms with Crippen molar-refractivity contribution in [3.05, 3.63) is 87.5 Å². The summed E-state index contributed by atoms with van der Waals surface area (Å²) in [5.41, 5.74) is 2.66. The van der Waals surface area contributed by atoms with Crippen LogP contribution in [0.25, 0.3) is 10.9 Å². The molecule has 1 aromatic heterocycles. The summed E-state index contributed by atoms with van der Waals surface area (Å²) < 4.78 is 9.29. The van der Waals surface area contributed by atoms with Crippen molar-refractivity contribution in [3.8, 4) is 11.5 Å². The van der Waals surface area contributed by atoms with Gasteiger partial charge in [0.1, 0.15) is 11.5 Å². The minimum atomic E-state index is 0.503. The number of para-hydroxylation sites is 1. The Hall–Kier alpha value is -2.11. The van der Waals surface area contributed by atoms with Crippen molar-refractivity contribution < 1.29 is 4.74 Å². The van der Waals surface area contributed by atoms with Crippen molar-refractivity contribution in [2.45, 2.75) is 11.8 Å². The van der Waals surface area contributed by atoms with E-state index in [1.165, 1.54) is 11.9 Å². The Morgan fingerprint density at radius 3 is 2.55 bits per heavy atom. The molecule has 3 aromatic carbocycles. The van der Waals surface area contributed by atoms with Gasteiger partial charge in [-0.05, 0) is 66.9 Å². The normalized spacial score (nSPS) is 10.9. The van der Waals surface area contributed by atoms with E-state index >= 15 is 0 Å². The molecule has 0 aliphatic carbocycles. The molecule has 1 N–H and O–H groups in total. The van der Waals surface area contributed by atoms with Crippen molar-refractivity contribution >= 4 is 63.3 Å². The lowest BCUT2D eigenvalue weighted by atomic mass is 10.2. The van der Waals surface area contributed by atoms with Crippen LogP contribution in [0.2, 0.25) is 15.1 Å². The maximum atomic E-state index is 6.50. The number of benzene rings is 3. The minimum absolute atomic E-state index is 0.503. The van der Waals surface area contributed by atoms with E-state index in [0.717, 1.165) is 27.0 Å². The lowest BCUT2D eigenvalue weighted by Crippen LogP contribution is -1.93. The summed E-state index contributed by atoms with van der Waals surface area (Å²) in [5, 5.41) is 2.70. The van der Waals surface area contributed by atoms with Crippen LogP contribution in [-0.4, -0.2) is 4.98 Å². The van der Waals surface area contributed by atoms with Crippen molar-refractivity contribution in [1.82, 2.24) is 4.98 Å². The second kappa shape index (κ2) is 8.72. The zero-order chi connectivity index (χ0) is 20.4. The highest BCUT2D eigenvalue weighted by molar-refractivity contribution is 8.00. The number of hydrogen-bond acceptors (Lipinski definition) is 4. The minimum Gasteiger partial charge on any atom is -0.454 e. The standard InChI is InChI=1S/C22H15Cl3N2OS/c1-13-8-16(27-29-21-7-6-15(23)10-18(21)24)11-19(25)22(13)28-17-9-14-4-2-3-5-20(14)26-12-17/h2-12,27H,1H3. The quantitative estimate of drug-likeness (QED) is 0.302. The van der Waals surface area contributed by atoms with Gasteiger partial charge in [0.2, 0.25) is 0 Å². The molecule has 0 fully saturated rings. The number of aromatic nitrogens is 1.